The topological polar surface area (TPSA) is 73.9 Å². The summed E-state index contributed by atoms with van der Waals surface area (Å²) in [5, 5.41) is 3.00. The van der Waals surface area contributed by atoms with Crippen LogP contribution in [-0.2, 0) is 14.3 Å². The molecule has 1 aliphatic carbocycles. The Morgan fingerprint density at radius 3 is 2.34 bits per heavy atom. The second-order valence-electron chi connectivity index (χ2n) is 10.3. The number of carbonyl (C=O) groups excluding carboxylic acids is 2. The summed E-state index contributed by atoms with van der Waals surface area (Å²) in [6, 6.07) is 13.1. The van der Waals surface area contributed by atoms with Crippen LogP contribution < -0.4 is 10.1 Å². The van der Waals surface area contributed by atoms with Crippen molar-refractivity contribution < 1.29 is 23.8 Å². The minimum atomic E-state index is -0.856. The molecule has 0 spiro atoms. The highest BCUT2D eigenvalue weighted by Gasteiger charge is 2.30. The molecule has 6 heteroatoms. The number of ether oxygens (including phenoxy) is 3. The Labute approximate surface area is 209 Å². The second kappa shape index (κ2) is 11.7. The van der Waals surface area contributed by atoms with E-state index < -0.39 is 12.1 Å². The molecule has 1 fully saturated rings. The number of rotatable bonds is 8. The Kier molecular flexibility index (Phi) is 8.95. The predicted octanol–water partition coefficient (Wildman–Crippen LogP) is 6.52. The van der Waals surface area contributed by atoms with Crippen LogP contribution in [0, 0.1) is 11.3 Å². The van der Waals surface area contributed by atoms with Crippen molar-refractivity contribution in [3.63, 3.8) is 0 Å². The van der Waals surface area contributed by atoms with Crippen molar-refractivity contribution in [2.45, 2.75) is 65.4 Å². The third kappa shape index (κ3) is 6.63. The Bertz CT molecular complexity index is 1020. The van der Waals surface area contributed by atoms with Gasteiger partial charge >= 0.3 is 5.97 Å². The van der Waals surface area contributed by atoms with Crippen molar-refractivity contribution in [3.8, 4) is 5.75 Å². The number of methoxy groups -OCH3 is 2. The summed E-state index contributed by atoms with van der Waals surface area (Å²) in [4.78, 5) is 25.3. The predicted molar refractivity (Wildman–Crippen MR) is 138 cm³/mol. The highest BCUT2D eigenvalue weighted by molar-refractivity contribution is 5.96. The Hall–Kier alpha value is -2.86. The highest BCUT2D eigenvalue weighted by Crippen LogP contribution is 2.43. The minimum Gasteiger partial charge on any atom is -0.496 e. The van der Waals surface area contributed by atoms with Crippen molar-refractivity contribution in [2.75, 3.05) is 26.1 Å². The van der Waals surface area contributed by atoms with E-state index in [2.05, 4.69) is 38.2 Å². The van der Waals surface area contributed by atoms with E-state index in [-0.39, 0.29) is 12.5 Å². The maximum atomic E-state index is 13.1. The maximum Gasteiger partial charge on any atom is 0.341 e. The summed E-state index contributed by atoms with van der Waals surface area (Å²) in [5.74, 6) is 0.859. The van der Waals surface area contributed by atoms with Crippen LogP contribution in [0.5, 0.6) is 5.75 Å². The van der Waals surface area contributed by atoms with Crippen LogP contribution in [0.4, 0.5) is 5.69 Å². The summed E-state index contributed by atoms with van der Waals surface area (Å²) < 4.78 is 16.0. The van der Waals surface area contributed by atoms with Gasteiger partial charge in [-0.25, -0.2) is 4.79 Å². The molecular formula is C29H39NO5. The molecule has 0 saturated heterocycles. The number of hydrogen-bond donors (Lipinski definition) is 1. The third-order valence-electron chi connectivity index (χ3n) is 7.08. The largest absolute Gasteiger partial charge is 0.496 e. The van der Waals surface area contributed by atoms with E-state index in [0.29, 0.717) is 28.2 Å². The summed E-state index contributed by atoms with van der Waals surface area (Å²) in [6.07, 6.45) is 3.96. The Morgan fingerprint density at radius 1 is 1.03 bits per heavy atom. The van der Waals surface area contributed by atoms with Gasteiger partial charge in [0.05, 0.1) is 13.7 Å². The van der Waals surface area contributed by atoms with E-state index in [1.807, 2.05) is 12.1 Å². The maximum absolute atomic E-state index is 13.1. The summed E-state index contributed by atoms with van der Waals surface area (Å²) in [6.45, 7) is 9.01. The number of amides is 1. The molecule has 1 unspecified atom stereocenters. The van der Waals surface area contributed by atoms with E-state index in [1.165, 1.54) is 45.5 Å². The summed E-state index contributed by atoms with van der Waals surface area (Å²) in [5.41, 5.74) is 3.27. The minimum absolute atomic E-state index is 0.268. The molecule has 0 aromatic heterocycles. The van der Waals surface area contributed by atoms with E-state index in [0.717, 1.165) is 11.6 Å². The van der Waals surface area contributed by atoms with Gasteiger partial charge in [0.25, 0.3) is 5.91 Å². The van der Waals surface area contributed by atoms with Crippen molar-refractivity contribution in [3.05, 3.63) is 59.2 Å². The molecule has 1 saturated carbocycles. The van der Waals surface area contributed by atoms with Crippen LogP contribution in [0.2, 0.25) is 0 Å². The van der Waals surface area contributed by atoms with Crippen LogP contribution >= 0.6 is 0 Å². The van der Waals surface area contributed by atoms with Crippen LogP contribution in [0.25, 0.3) is 0 Å². The molecule has 190 valence electrons. The van der Waals surface area contributed by atoms with Gasteiger partial charge in [0.2, 0.25) is 0 Å². The molecule has 1 atom stereocenters. The van der Waals surface area contributed by atoms with Gasteiger partial charge in [0.15, 0.2) is 6.10 Å². The van der Waals surface area contributed by atoms with Gasteiger partial charge in [-0.3, -0.25) is 4.79 Å². The fourth-order valence-electron chi connectivity index (χ4n) is 5.01. The standard InChI is InChI=1S/C29H39NO5/c1-7-35-28(32)24-16-13-21(18-25(24)33-5)26(34-6)27(31)30-23-10-8-9-20(17-23)19-11-14-22(15-12-19)29(2,3)4/h8-10,13,16-19,22,26H,7,11-12,14-15H2,1-6H3,(H,30,31). The molecule has 6 nitrogen and oxygen atoms in total. The molecule has 35 heavy (non-hydrogen) atoms. The molecule has 2 aromatic rings. The monoisotopic (exact) mass is 481 g/mol. The van der Waals surface area contributed by atoms with Crippen molar-refractivity contribution >= 4 is 17.6 Å². The average molecular weight is 482 g/mol. The number of anilines is 1. The van der Waals surface area contributed by atoms with E-state index >= 15 is 0 Å². The number of carbonyl (C=O) groups is 2. The van der Waals surface area contributed by atoms with Crippen molar-refractivity contribution in [1.82, 2.24) is 0 Å². The Balaban J connectivity index is 1.72. The van der Waals surface area contributed by atoms with Crippen LogP contribution in [0.15, 0.2) is 42.5 Å². The zero-order chi connectivity index (χ0) is 25.6. The van der Waals surface area contributed by atoms with Crippen LogP contribution in [0.1, 0.15) is 86.9 Å². The van der Waals surface area contributed by atoms with E-state index in [4.69, 9.17) is 14.2 Å². The first-order chi connectivity index (χ1) is 16.7. The lowest BCUT2D eigenvalue weighted by Crippen LogP contribution is -2.25. The van der Waals surface area contributed by atoms with E-state index in [9.17, 15) is 9.59 Å². The zero-order valence-electron chi connectivity index (χ0n) is 21.9. The summed E-state index contributed by atoms with van der Waals surface area (Å²) >= 11 is 0. The van der Waals surface area contributed by atoms with E-state index in [1.54, 1.807) is 25.1 Å². The van der Waals surface area contributed by atoms with Gasteiger partial charge in [0.1, 0.15) is 11.3 Å². The molecule has 3 rings (SSSR count). The molecule has 1 N–H and O–H groups in total. The molecule has 0 bridgehead atoms. The van der Waals surface area contributed by atoms with Crippen molar-refractivity contribution in [2.24, 2.45) is 11.3 Å². The normalized spacial score (nSPS) is 19.0. The van der Waals surface area contributed by atoms with Crippen molar-refractivity contribution in [1.29, 1.82) is 0 Å². The number of esters is 1. The summed E-state index contributed by atoms with van der Waals surface area (Å²) in [7, 11) is 2.96. The first-order valence-corrected chi connectivity index (χ1v) is 12.5. The fraction of sp³-hybridized carbons (Fsp3) is 0.517. The lowest BCUT2D eigenvalue weighted by Gasteiger charge is -2.37. The third-order valence-corrected chi connectivity index (χ3v) is 7.08. The molecule has 1 aliphatic rings. The van der Waals surface area contributed by atoms with Gasteiger partial charge in [-0.05, 0) is 85.3 Å². The molecule has 0 aliphatic heterocycles. The molecule has 1 amide bonds. The van der Waals surface area contributed by atoms with Gasteiger partial charge in [-0.1, -0.05) is 39.0 Å². The van der Waals surface area contributed by atoms with Crippen LogP contribution in [-0.4, -0.2) is 32.7 Å². The zero-order valence-corrected chi connectivity index (χ0v) is 21.9. The van der Waals surface area contributed by atoms with Gasteiger partial charge in [0, 0.05) is 12.8 Å². The first-order valence-electron chi connectivity index (χ1n) is 12.5. The first kappa shape index (κ1) is 26.7. The fourth-order valence-corrected chi connectivity index (χ4v) is 5.01. The molecule has 2 aromatic carbocycles. The molecule has 0 heterocycles. The van der Waals surface area contributed by atoms with Gasteiger partial charge < -0.3 is 19.5 Å². The number of nitrogens with one attached hydrogen (secondary N) is 1. The van der Waals surface area contributed by atoms with Gasteiger partial charge in [-0.2, -0.15) is 0 Å². The lowest BCUT2D eigenvalue weighted by atomic mass is 9.68. The molecular weight excluding hydrogens is 442 g/mol. The number of hydrogen-bond acceptors (Lipinski definition) is 5. The van der Waals surface area contributed by atoms with Gasteiger partial charge in [-0.15, -0.1) is 0 Å². The molecule has 0 radical (unpaired) electrons. The quantitative estimate of drug-likeness (QED) is 0.435. The highest BCUT2D eigenvalue weighted by atomic mass is 16.5. The second-order valence-corrected chi connectivity index (χ2v) is 10.3. The number of benzene rings is 2. The van der Waals surface area contributed by atoms with Crippen LogP contribution in [0.3, 0.4) is 0 Å². The SMILES string of the molecule is CCOC(=O)c1ccc(C(OC)C(=O)Nc2cccc(C3CCC(C(C)(C)C)CC3)c2)cc1OC. The average Bonchev–Trinajstić information content (AvgIpc) is 2.84. The Morgan fingerprint density at radius 2 is 1.74 bits per heavy atom. The lowest BCUT2D eigenvalue weighted by molar-refractivity contribution is -0.126. The smallest absolute Gasteiger partial charge is 0.341 e.